The van der Waals surface area contributed by atoms with Crippen molar-refractivity contribution in [2.45, 2.75) is 45.8 Å². The van der Waals surface area contributed by atoms with E-state index in [0.717, 1.165) is 25.8 Å². The summed E-state index contributed by atoms with van der Waals surface area (Å²) in [6.45, 7) is 5.18. The highest BCUT2D eigenvalue weighted by atomic mass is 16.6. The second-order valence-corrected chi connectivity index (χ2v) is 3.25. The van der Waals surface area contributed by atoms with Gasteiger partial charge < -0.3 is 15.2 Å². The van der Waals surface area contributed by atoms with Gasteiger partial charge in [0.1, 0.15) is 0 Å². The second-order valence-electron chi connectivity index (χ2n) is 3.25. The molecule has 0 aromatic rings. The lowest BCUT2D eigenvalue weighted by atomic mass is 10.2. The van der Waals surface area contributed by atoms with E-state index in [-0.39, 0.29) is 5.97 Å². The van der Waals surface area contributed by atoms with Gasteiger partial charge in [-0.05, 0) is 19.4 Å². The molecule has 0 aliphatic rings. The minimum atomic E-state index is -1.01. The number of ether oxygens (including phenoxy) is 1. The number of aliphatic hydroxyl groups excluding tert-OH is 1. The molecule has 0 fully saturated rings. The number of hydrogen-bond acceptors (Lipinski definition) is 4. The zero-order valence-electron chi connectivity index (χ0n) is 9.08. The molecule has 0 bridgehead atoms. The van der Waals surface area contributed by atoms with Crippen LogP contribution < -0.4 is 5.32 Å². The van der Waals surface area contributed by atoms with Gasteiger partial charge in [0.2, 0.25) is 6.29 Å². The molecule has 0 radical (unpaired) electrons. The van der Waals surface area contributed by atoms with Gasteiger partial charge in [0, 0.05) is 6.42 Å². The van der Waals surface area contributed by atoms with Crippen molar-refractivity contribution in [1.82, 2.24) is 5.32 Å². The molecule has 0 aliphatic carbocycles. The summed E-state index contributed by atoms with van der Waals surface area (Å²) in [5.41, 5.74) is 0. The SMILES string of the molecule is CCCCC(=O)OC(O)CNCCC. The van der Waals surface area contributed by atoms with Crippen LogP contribution in [0.5, 0.6) is 0 Å². The maximum absolute atomic E-state index is 11.0. The fourth-order valence-electron chi connectivity index (χ4n) is 0.976. The zero-order valence-corrected chi connectivity index (χ0v) is 9.08. The summed E-state index contributed by atoms with van der Waals surface area (Å²) in [5, 5.41) is 12.2. The molecule has 0 aromatic heterocycles. The number of hydrogen-bond donors (Lipinski definition) is 2. The molecule has 0 aromatic carbocycles. The first kappa shape index (κ1) is 13.4. The van der Waals surface area contributed by atoms with Gasteiger partial charge in [0.05, 0.1) is 6.54 Å². The van der Waals surface area contributed by atoms with Crippen molar-refractivity contribution in [2.75, 3.05) is 13.1 Å². The standard InChI is InChI=1S/C10H21NO3/c1-3-5-6-9(12)14-10(13)8-11-7-4-2/h10-11,13H,3-8H2,1-2H3. The molecule has 0 saturated carbocycles. The molecule has 1 atom stereocenters. The predicted octanol–water partition coefficient (Wildman–Crippen LogP) is 1.04. The smallest absolute Gasteiger partial charge is 0.308 e. The summed E-state index contributed by atoms with van der Waals surface area (Å²) in [6, 6.07) is 0. The summed E-state index contributed by atoms with van der Waals surface area (Å²) in [7, 11) is 0. The Hall–Kier alpha value is -0.610. The number of aliphatic hydroxyl groups is 1. The Bertz CT molecular complexity index is 150. The Balaban J connectivity index is 3.40. The summed E-state index contributed by atoms with van der Waals surface area (Å²) in [6.07, 6.45) is 2.15. The van der Waals surface area contributed by atoms with Crippen LogP contribution in [0.25, 0.3) is 0 Å². The zero-order chi connectivity index (χ0) is 10.8. The van der Waals surface area contributed by atoms with Crippen molar-refractivity contribution < 1.29 is 14.6 Å². The number of rotatable bonds is 8. The minimum absolute atomic E-state index is 0.311. The number of carbonyl (C=O) groups excluding carboxylic acids is 1. The van der Waals surface area contributed by atoms with Gasteiger partial charge in [-0.3, -0.25) is 4.79 Å². The van der Waals surface area contributed by atoms with E-state index < -0.39 is 6.29 Å². The van der Waals surface area contributed by atoms with E-state index in [2.05, 4.69) is 5.32 Å². The number of unbranched alkanes of at least 4 members (excludes halogenated alkanes) is 1. The third kappa shape index (κ3) is 8.01. The molecule has 0 aliphatic heterocycles. The molecule has 0 heterocycles. The van der Waals surface area contributed by atoms with E-state index in [4.69, 9.17) is 4.74 Å². The van der Waals surface area contributed by atoms with Gasteiger partial charge in [-0.25, -0.2) is 0 Å². The molecule has 1 unspecified atom stereocenters. The quantitative estimate of drug-likeness (QED) is 0.351. The molecule has 2 N–H and O–H groups in total. The van der Waals surface area contributed by atoms with Crippen LogP contribution in [-0.4, -0.2) is 30.5 Å². The van der Waals surface area contributed by atoms with E-state index in [1.165, 1.54) is 0 Å². The van der Waals surface area contributed by atoms with Gasteiger partial charge >= 0.3 is 5.97 Å². The van der Waals surface area contributed by atoms with Gasteiger partial charge in [-0.15, -0.1) is 0 Å². The van der Waals surface area contributed by atoms with Gasteiger partial charge in [0.15, 0.2) is 0 Å². The molecular formula is C10H21NO3. The summed E-state index contributed by atoms with van der Waals surface area (Å²) in [5.74, 6) is -0.322. The highest BCUT2D eigenvalue weighted by Gasteiger charge is 2.09. The average molecular weight is 203 g/mol. The van der Waals surface area contributed by atoms with Crippen LogP contribution in [0.15, 0.2) is 0 Å². The minimum Gasteiger partial charge on any atom is -0.435 e. The third-order valence-corrected chi connectivity index (χ3v) is 1.75. The lowest BCUT2D eigenvalue weighted by Crippen LogP contribution is -2.31. The Labute approximate surface area is 85.6 Å². The maximum atomic E-state index is 11.0. The number of esters is 1. The van der Waals surface area contributed by atoms with E-state index in [1.807, 2.05) is 13.8 Å². The van der Waals surface area contributed by atoms with Crippen LogP contribution in [0.1, 0.15) is 39.5 Å². The number of nitrogens with one attached hydrogen (secondary N) is 1. The fourth-order valence-corrected chi connectivity index (χ4v) is 0.976. The molecule has 0 spiro atoms. The predicted molar refractivity (Wildman–Crippen MR) is 54.8 cm³/mol. The molecule has 84 valence electrons. The fraction of sp³-hybridized carbons (Fsp3) is 0.900. The first-order valence-corrected chi connectivity index (χ1v) is 5.29. The van der Waals surface area contributed by atoms with Crippen LogP contribution in [0.3, 0.4) is 0 Å². The van der Waals surface area contributed by atoms with E-state index in [0.29, 0.717) is 13.0 Å². The number of carbonyl (C=O) groups is 1. The Morgan fingerprint density at radius 3 is 2.71 bits per heavy atom. The monoisotopic (exact) mass is 203 g/mol. The Morgan fingerprint density at radius 1 is 1.43 bits per heavy atom. The van der Waals surface area contributed by atoms with Crippen molar-refractivity contribution in [3.8, 4) is 0 Å². The van der Waals surface area contributed by atoms with E-state index in [9.17, 15) is 9.90 Å². The lowest BCUT2D eigenvalue weighted by Gasteiger charge is -2.12. The van der Waals surface area contributed by atoms with Crippen LogP contribution in [0.4, 0.5) is 0 Å². The van der Waals surface area contributed by atoms with Gasteiger partial charge in [0.25, 0.3) is 0 Å². The molecule has 0 amide bonds. The highest BCUT2D eigenvalue weighted by molar-refractivity contribution is 5.69. The van der Waals surface area contributed by atoms with Crippen LogP contribution in [0, 0.1) is 0 Å². The van der Waals surface area contributed by atoms with Crippen LogP contribution in [-0.2, 0) is 9.53 Å². The summed E-state index contributed by atoms with van der Waals surface area (Å²) < 4.78 is 4.75. The van der Waals surface area contributed by atoms with Crippen molar-refractivity contribution >= 4 is 5.97 Å². The molecule has 4 heteroatoms. The first-order valence-electron chi connectivity index (χ1n) is 5.29. The Morgan fingerprint density at radius 2 is 2.14 bits per heavy atom. The maximum Gasteiger partial charge on any atom is 0.308 e. The van der Waals surface area contributed by atoms with Crippen LogP contribution >= 0.6 is 0 Å². The average Bonchev–Trinajstić information content (AvgIpc) is 2.15. The highest BCUT2D eigenvalue weighted by Crippen LogP contribution is 1.98. The lowest BCUT2D eigenvalue weighted by molar-refractivity contribution is -0.167. The van der Waals surface area contributed by atoms with Crippen molar-refractivity contribution in [1.29, 1.82) is 0 Å². The van der Waals surface area contributed by atoms with Crippen LogP contribution in [0.2, 0.25) is 0 Å². The molecule has 14 heavy (non-hydrogen) atoms. The van der Waals surface area contributed by atoms with Crippen molar-refractivity contribution in [3.63, 3.8) is 0 Å². The second kappa shape index (κ2) is 8.97. The largest absolute Gasteiger partial charge is 0.435 e. The Kier molecular flexibility index (Phi) is 8.57. The third-order valence-electron chi connectivity index (χ3n) is 1.75. The van der Waals surface area contributed by atoms with E-state index in [1.54, 1.807) is 0 Å². The van der Waals surface area contributed by atoms with Crippen molar-refractivity contribution in [2.24, 2.45) is 0 Å². The normalized spacial score (nSPS) is 12.5. The topological polar surface area (TPSA) is 58.6 Å². The molecule has 4 nitrogen and oxygen atoms in total. The molecular weight excluding hydrogens is 182 g/mol. The van der Waals surface area contributed by atoms with Crippen molar-refractivity contribution in [3.05, 3.63) is 0 Å². The van der Waals surface area contributed by atoms with Gasteiger partial charge in [-0.1, -0.05) is 20.3 Å². The summed E-state index contributed by atoms with van der Waals surface area (Å²) in [4.78, 5) is 11.0. The van der Waals surface area contributed by atoms with E-state index >= 15 is 0 Å². The summed E-state index contributed by atoms with van der Waals surface area (Å²) >= 11 is 0. The first-order chi connectivity index (χ1) is 6.70. The van der Waals surface area contributed by atoms with Gasteiger partial charge in [-0.2, -0.15) is 0 Å². The molecule has 0 saturated heterocycles. The molecule has 0 rings (SSSR count).